The molecule has 1 aromatic rings. The maximum absolute atomic E-state index is 15.1. The highest BCUT2D eigenvalue weighted by atomic mass is 19.4. The minimum Gasteiger partial charge on any atom is -0.381 e. The minimum atomic E-state index is -4.99. The highest BCUT2D eigenvalue weighted by Gasteiger charge is 2.49. The number of alkyl halides is 3. The van der Waals surface area contributed by atoms with Gasteiger partial charge in [-0.1, -0.05) is 54.0 Å². The summed E-state index contributed by atoms with van der Waals surface area (Å²) in [7, 11) is 9.65. The lowest BCUT2D eigenvalue weighted by atomic mass is 9.86. The predicted molar refractivity (Wildman–Crippen MR) is 308 cm³/mol. The van der Waals surface area contributed by atoms with Crippen LogP contribution in [-0.2, 0) is 70.1 Å². The molecule has 27 heteroatoms. The Morgan fingerprint density at radius 2 is 1.21 bits per heavy atom. The summed E-state index contributed by atoms with van der Waals surface area (Å²) in [6.45, 7) is 10.4. The average Bonchev–Trinajstić information content (AvgIpc) is 2.05. The largest absolute Gasteiger partial charge is 0.419 e. The molecule has 0 radical (unpaired) electrons. The number of carbonyl (C=O) groups is 11. The fourth-order valence-corrected chi connectivity index (χ4v) is 10.8. The van der Waals surface area contributed by atoms with Gasteiger partial charge in [-0.3, -0.25) is 52.7 Å². The lowest BCUT2D eigenvalue weighted by molar-refractivity contribution is -0.154. The summed E-state index contributed by atoms with van der Waals surface area (Å²) in [4.78, 5) is 166. The average molecular weight is 1220 g/mol. The zero-order chi connectivity index (χ0) is 64.9. The first-order valence-electron chi connectivity index (χ1n) is 29.5. The maximum atomic E-state index is 15.1. The van der Waals surface area contributed by atoms with E-state index < -0.39 is 156 Å². The van der Waals surface area contributed by atoms with Gasteiger partial charge >= 0.3 is 6.18 Å². The van der Waals surface area contributed by atoms with E-state index in [-0.39, 0.29) is 88.5 Å². The van der Waals surface area contributed by atoms with Crippen molar-refractivity contribution in [2.75, 3.05) is 95.3 Å². The van der Waals surface area contributed by atoms with E-state index in [1.165, 1.54) is 68.9 Å². The molecular formula is C59H91F4N11O12. The van der Waals surface area contributed by atoms with E-state index in [0.29, 0.717) is 25.0 Å². The molecule has 86 heavy (non-hydrogen) atoms. The SMILES string of the molecule is CC[C@H](C)C1NC(=O)C(CC(C)C)N(C)C(=O)CC(C)N(C)C(=O)C(CC(C)C)N(C)C(=O)C2(CCOCC2)NC(=O)C2CCCN2C(=O)C(CCc2ccc(C(F)(F)F)c(F)c2)NC(=O)CN(C)C(=O)CN(C)C(=O)CN(C)C(=O)CN(C)C1=O. The highest BCUT2D eigenvalue weighted by molar-refractivity contribution is 5.99. The smallest absolute Gasteiger partial charge is 0.381 e. The van der Waals surface area contributed by atoms with Crippen molar-refractivity contribution in [3.8, 4) is 0 Å². The third kappa shape index (κ3) is 18.8. The molecule has 3 heterocycles. The van der Waals surface area contributed by atoms with E-state index in [1.807, 2.05) is 34.6 Å². The van der Waals surface area contributed by atoms with Crippen LogP contribution >= 0.6 is 0 Å². The number of aryl methyl sites for hydroxylation is 1. The quantitative estimate of drug-likeness (QED) is 0.301. The van der Waals surface area contributed by atoms with E-state index in [9.17, 15) is 65.5 Å². The van der Waals surface area contributed by atoms with E-state index in [4.69, 9.17) is 4.74 Å². The Morgan fingerprint density at radius 1 is 0.663 bits per heavy atom. The molecule has 3 aliphatic heterocycles. The van der Waals surface area contributed by atoms with Gasteiger partial charge in [0.05, 0.1) is 31.7 Å². The van der Waals surface area contributed by atoms with Gasteiger partial charge in [-0.15, -0.1) is 0 Å². The molecule has 0 saturated carbocycles. The second-order valence-corrected chi connectivity index (χ2v) is 24.4. The van der Waals surface area contributed by atoms with Crippen molar-refractivity contribution in [2.45, 2.75) is 161 Å². The van der Waals surface area contributed by atoms with Crippen LogP contribution in [0.3, 0.4) is 0 Å². The lowest BCUT2D eigenvalue weighted by Crippen LogP contribution is -2.66. The van der Waals surface area contributed by atoms with Gasteiger partial charge in [0.1, 0.15) is 41.6 Å². The molecule has 0 aliphatic carbocycles. The van der Waals surface area contributed by atoms with Crippen LogP contribution in [0.1, 0.15) is 117 Å². The Morgan fingerprint density at radius 3 is 1.74 bits per heavy atom. The van der Waals surface area contributed by atoms with Gasteiger partial charge in [0, 0.05) is 94.4 Å². The molecule has 1 aromatic carbocycles. The molecule has 11 amide bonds. The molecule has 4 rings (SSSR count). The fourth-order valence-electron chi connectivity index (χ4n) is 10.8. The number of fused-ring (bicyclic) bond motifs is 1. The molecule has 3 saturated heterocycles. The van der Waals surface area contributed by atoms with Crippen molar-refractivity contribution in [1.82, 2.24) is 55.1 Å². The number of benzene rings is 1. The summed E-state index contributed by atoms with van der Waals surface area (Å²) in [5.74, 6) is -9.68. The van der Waals surface area contributed by atoms with Crippen molar-refractivity contribution in [3.63, 3.8) is 0 Å². The molecule has 6 unspecified atom stereocenters. The molecule has 7 atom stereocenters. The van der Waals surface area contributed by atoms with Crippen LogP contribution in [0.4, 0.5) is 17.6 Å². The summed E-state index contributed by atoms with van der Waals surface area (Å²) in [6.07, 6.45) is -4.66. The molecule has 3 fully saturated rings. The zero-order valence-electron chi connectivity index (χ0n) is 52.4. The van der Waals surface area contributed by atoms with Gasteiger partial charge in [-0.05, 0) is 80.9 Å². The highest BCUT2D eigenvalue weighted by Crippen LogP contribution is 2.33. The van der Waals surface area contributed by atoms with Crippen LogP contribution in [-0.4, -0.2) is 241 Å². The van der Waals surface area contributed by atoms with Gasteiger partial charge in [0.25, 0.3) is 0 Å². The Balaban J connectivity index is 1.77. The molecule has 0 aromatic heterocycles. The summed E-state index contributed by atoms with van der Waals surface area (Å²) < 4.78 is 61.0. The van der Waals surface area contributed by atoms with E-state index in [2.05, 4.69) is 16.0 Å². The van der Waals surface area contributed by atoms with Crippen molar-refractivity contribution < 1.29 is 75.0 Å². The van der Waals surface area contributed by atoms with Crippen LogP contribution in [0.15, 0.2) is 18.2 Å². The monoisotopic (exact) mass is 1220 g/mol. The number of likely N-dealkylation sites (N-methyl/N-ethyl adjacent to an activating group) is 7. The van der Waals surface area contributed by atoms with Crippen LogP contribution in [0, 0.1) is 23.6 Å². The van der Waals surface area contributed by atoms with Crippen molar-refractivity contribution in [2.24, 2.45) is 17.8 Å². The number of hydrogen-bond acceptors (Lipinski definition) is 12. The van der Waals surface area contributed by atoms with Gasteiger partial charge in [0.2, 0.25) is 65.0 Å². The number of rotatable bonds is 9. The number of nitrogens with one attached hydrogen (secondary N) is 3. The number of ether oxygens (including phenoxy) is 1. The van der Waals surface area contributed by atoms with Crippen LogP contribution in [0.2, 0.25) is 0 Å². The summed E-state index contributed by atoms with van der Waals surface area (Å²) >= 11 is 0. The van der Waals surface area contributed by atoms with Gasteiger partial charge in [-0.2, -0.15) is 13.2 Å². The van der Waals surface area contributed by atoms with Gasteiger partial charge < -0.3 is 59.9 Å². The molecule has 23 nitrogen and oxygen atoms in total. The van der Waals surface area contributed by atoms with Crippen molar-refractivity contribution in [1.29, 1.82) is 0 Å². The number of hydrogen-bond donors (Lipinski definition) is 3. The molecule has 0 bridgehead atoms. The van der Waals surface area contributed by atoms with Crippen molar-refractivity contribution >= 4 is 65.0 Å². The van der Waals surface area contributed by atoms with E-state index >= 15 is 4.79 Å². The fraction of sp³-hybridized carbons (Fsp3) is 0.712. The number of amides is 11. The van der Waals surface area contributed by atoms with Crippen LogP contribution in [0.5, 0.6) is 0 Å². The molecule has 1 spiro atoms. The number of carbonyl (C=O) groups excluding carboxylic acids is 11. The minimum absolute atomic E-state index is 0.00538. The van der Waals surface area contributed by atoms with Gasteiger partial charge in [-0.25, -0.2) is 4.39 Å². The third-order valence-electron chi connectivity index (χ3n) is 16.7. The molecule has 3 aliphatic rings. The summed E-state index contributed by atoms with van der Waals surface area (Å²) in [5, 5.41) is 8.38. The summed E-state index contributed by atoms with van der Waals surface area (Å²) in [5.41, 5.74) is -3.11. The first-order chi connectivity index (χ1) is 40.0. The van der Waals surface area contributed by atoms with Crippen LogP contribution < -0.4 is 16.0 Å². The van der Waals surface area contributed by atoms with Crippen LogP contribution in [0.25, 0.3) is 0 Å². The maximum Gasteiger partial charge on any atom is 0.419 e. The van der Waals surface area contributed by atoms with E-state index in [0.717, 1.165) is 25.7 Å². The first kappa shape index (κ1) is 71.6. The Labute approximate surface area is 502 Å². The third-order valence-corrected chi connectivity index (χ3v) is 16.7. The molecule has 482 valence electrons. The molecule has 3 N–H and O–H groups in total. The zero-order valence-corrected chi connectivity index (χ0v) is 52.4. The first-order valence-corrected chi connectivity index (χ1v) is 29.5. The molecular weight excluding hydrogens is 1130 g/mol. The number of halogens is 4. The van der Waals surface area contributed by atoms with Crippen molar-refractivity contribution in [3.05, 3.63) is 35.1 Å². The second-order valence-electron chi connectivity index (χ2n) is 24.4. The lowest BCUT2D eigenvalue weighted by Gasteiger charge is -2.43. The Bertz CT molecular complexity index is 2640. The topological polar surface area (TPSA) is 259 Å². The standard InChI is InChI=1S/C59H91F4N11O12/c1-15-37(6)51-56(84)70(11)34-50(79)69(10)33-49(78)68(9)32-48(77)67(8)31-46(75)64-42(21-19-39-18-20-40(41(60)30-39)59(61,62)63)54(82)74-24-16-17-43(74)53(81)66-58(22-25-86-26-23-58)57(85)73(14)45(28-36(4)5)55(83)71(12)38(7)29-47(76)72(13)44(27-35(2)3)52(80)65-51/h18,20,30,35-38,42-45,51H,15-17,19,21-29,31-34H2,1-14H3,(H,64,75)(H,65,80)(H,66,81)/t37-,38?,42?,43?,44?,45?,51?/m0/s1. The Kier molecular flexibility index (Phi) is 25.9. The van der Waals surface area contributed by atoms with Gasteiger partial charge in [0.15, 0.2) is 0 Å². The normalized spacial score (nSPS) is 25.1. The predicted octanol–water partition coefficient (Wildman–Crippen LogP) is 2.28. The van der Waals surface area contributed by atoms with E-state index in [1.54, 1.807) is 13.8 Å². The second kappa shape index (κ2) is 31.1. The summed E-state index contributed by atoms with van der Waals surface area (Å²) in [6, 6.07) is -4.57. The number of nitrogens with zero attached hydrogens (tertiary/aromatic N) is 8. The Hall–Kier alpha value is -6.93.